The van der Waals surface area contributed by atoms with Gasteiger partial charge in [0, 0.05) is 0 Å². The number of rotatable bonds is 0. The van der Waals surface area contributed by atoms with Gasteiger partial charge in [0.15, 0.2) is 0 Å². The largest absolute Gasteiger partial charge is 0.0917 e. The molecule has 0 spiro atoms. The van der Waals surface area contributed by atoms with E-state index in [2.05, 4.69) is 49.6 Å². The molecule has 3 aromatic rings. The lowest BCUT2D eigenvalue weighted by molar-refractivity contribution is 1.68. The monoisotopic (exact) mass is 204 g/mol. The van der Waals surface area contributed by atoms with Crippen molar-refractivity contribution in [2.75, 3.05) is 0 Å². The van der Waals surface area contributed by atoms with Crippen LogP contribution in [0.3, 0.4) is 0 Å². The van der Waals surface area contributed by atoms with E-state index in [0.29, 0.717) is 0 Å². The van der Waals surface area contributed by atoms with Crippen LogP contribution in [0.15, 0.2) is 48.5 Å². The minimum atomic E-state index is 1.05. The zero-order valence-corrected chi connectivity index (χ0v) is 9.03. The van der Waals surface area contributed by atoms with Crippen LogP contribution < -0.4 is 10.4 Å². The van der Waals surface area contributed by atoms with E-state index in [-0.39, 0.29) is 0 Å². The molecule has 0 atom stereocenters. The molecule has 3 rings (SSSR count). The first kappa shape index (κ1) is 9.17. The maximum atomic E-state index is 4.11. The Morgan fingerprint density at radius 3 is 2.44 bits per heavy atom. The summed E-state index contributed by atoms with van der Waals surface area (Å²) in [6, 6.07) is 16.8. The average Bonchev–Trinajstić information content (AvgIpc) is 2.29. The van der Waals surface area contributed by atoms with E-state index in [1.807, 2.05) is 12.1 Å². The van der Waals surface area contributed by atoms with Gasteiger partial charge in [-0.25, -0.2) is 0 Å². The minimum Gasteiger partial charge on any atom is -0.0917 e. The Labute approximate surface area is 94.1 Å². The van der Waals surface area contributed by atoms with Crippen molar-refractivity contribution in [3.8, 4) is 0 Å². The molecule has 0 radical (unpaired) electrons. The molecule has 0 heterocycles. The van der Waals surface area contributed by atoms with Crippen LogP contribution in [0, 0.1) is 0 Å². The Morgan fingerprint density at radius 2 is 1.56 bits per heavy atom. The van der Waals surface area contributed by atoms with Crippen LogP contribution in [-0.2, 0) is 0 Å². The Kier molecular flexibility index (Phi) is 1.84. The molecule has 0 heteroatoms. The van der Waals surface area contributed by atoms with Crippen molar-refractivity contribution >= 4 is 34.7 Å². The van der Waals surface area contributed by atoms with Crippen LogP contribution in [0.2, 0.25) is 0 Å². The highest BCUT2D eigenvalue weighted by atomic mass is 14.0. The molecule has 0 aliphatic rings. The molecule has 0 N–H and O–H groups in total. The molecule has 0 bridgehead atoms. The zero-order valence-electron chi connectivity index (χ0n) is 9.03. The minimum absolute atomic E-state index is 1.05. The number of hydrogen-bond acceptors (Lipinski definition) is 0. The predicted octanol–water partition coefficient (Wildman–Crippen LogP) is 2.81. The van der Waals surface area contributed by atoms with E-state index in [9.17, 15) is 0 Å². The van der Waals surface area contributed by atoms with E-state index in [1.54, 1.807) is 0 Å². The third-order valence-electron chi connectivity index (χ3n) is 3.01. The Hall–Kier alpha value is -2.08. The molecule has 0 nitrogen and oxygen atoms in total. The first-order valence-corrected chi connectivity index (χ1v) is 5.35. The quantitative estimate of drug-likeness (QED) is 0.494. The van der Waals surface area contributed by atoms with E-state index >= 15 is 0 Å². The fraction of sp³-hybridized carbons (Fsp3) is 0. The van der Waals surface area contributed by atoms with E-state index in [0.717, 1.165) is 10.4 Å². The SMILES string of the molecule is C=c1ccc2c(ccc3cccc(=C)c32)c1. The molecule has 3 aromatic carbocycles. The van der Waals surface area contributed by atoms with Gasteiger partial charge in [-0.05, 0) is 38.0 Å². The summed E-state index contributed by atoms with van der Waals surface area (Å²) >= 11 is 0. The van der Waals surface area contributed by atoms with Crippen LogP contribution in [0.4, 0.5) is 0 Å². The lowest BCUT2D eigenvalue weighted by Gasteiger charge is -2.04. The lowest BCUT2D eigenvalue weighted by Crippen LogP contribution is -2.00. The second kappa shape index (κ2) is 3.21. The maximum Gasteiger partial charge on any atom is -0.00388 e. The van der Waals surface area contributed by atoms with Gasteiger partial charge in [0.05, 0.1) is 0 Å². The molecule has 0 saturated carbocycles. The molecular weight excluding hydrogens is 192 g/mol. The van der Waals surface area contributed by atoms with Gasteiger partial charge < -0.3 is 0 Å². The van der Waals surface area contributed by atoms with Crippen molar-refractivity contribution in [3.63, 3.8) is 0 Å². The third-order valence-corrected chi connectivity index (χ3v) is 3.01. The summed E-state index contributed by atoms with van der Waals surface area (Å²) in [6.45, 7) is 8.06. The van der Waals surface area contributed by atoms with Gasteiger partial charge >= 0.3 is 0 Å². The van der Waals surface area contributed by atoms with Gasteiger partial charge in [-0.3, -0.25) is 0 Å². The van der Waals surface area contributed by atoms with Crippen molar-refractivity contribution in [2.45, 2.75) is 0 Å². The highest BCUT2D eigenvalue weighted by Crippen LogP contribution is 2.20. The molecule has 16 heavy (non-hydrogen) atoms. The third kappa shape index (κ3) is 1.24. The zero-order chi connectivity index (χ0) is 11.1. The summed E-state index contributed by atoms with van der Waals surface area (Å²) in [7, 11) is 0. The van der Waals surface area contributed by atoms with Gasteiger partial charge in [0.2, 0.25) is 0 Å². The van der Waals surface area contributed by atoms with Gasteiger partial charge in [0.1, 0.15) is 0 Å². The normalized spacial score (nSPS) is 11.0. The number of hydrogen-bond donors (Lipinski definition) is 0. The van der Waals surface area contributed by atoms with Crippen molar-refractivity contribution in [2.24, 2.45) is 0 Å². The highest BCUT2D eigenvalue weighted by molar-refractivity contribution is 6.07. The first-order valence-electron chi connectivity index (χ1n) is 5.35. The Balaban J connectivity index is 2.69. The predicted molar refractivity (Wildman–Crippen MR) is 71.7 cm³/mol. The highest BCUT2D eigenvalue weighted by Gasteiger charge is 1.99. The second-order valence-electron chi connectivity index (χ2n) is 4.14. The molecule has 0 amide bonds. The van der Waals surface area contributed by atoms with Crippen LogP contribution in [-0.4, -0.2) is 0 Å². The molecule has 0 aliphatic heterocycles. The molecule has 0 fully saturated rings. The van der Waals surface area contributed by atoms with E-state index < -0.39 is 0 Å². The van der Waals surface area contributed by atoms with Crippen molar-refractivity contribution < 1.29 is 0 Å². The number of fused-ring (bicyclic) bond motifs is 3. The second-order valence-corrected chi connectivity index (χ2v) is 4.14. The molecule has 0 saturated heterocycles. The van der Waals surface area contributed by atoms with Crippen molar-refractivity contribution in [3.05, 3.63) is 59.0 Å². The summed E-state index contributed by atoms with van der Waals surface area (Å²) in [5.41, 5.74) is 0. The molecular formula is C16H12. The molecule has 0 unspecified atom stereocenters. The van der Waals surface area contributed by atoms with Gasteiger partial charge in [-0.2, -0.15) is 0 Å². The van der Waals surface area contributed by atoms with Crippen LogP contribution in [0.25, 0.3) is 34.7 Å². The van der Waals surface area contributed by atoms with E-state index in [4.69, 9.17) is 0 Å². The van der Waals surface area contributed by atoms with Crippen LogP contribution in [0.1, 0.15) is 0 Å². The summed E-state index contributed by atoms with van der Waals surface area (Å²) < 4.78 is 0. The average molecular weight is 204 g/mol. The lowest BCUT2D eigenvalue weighted by atomic mass is 10.0. The molecule has 0 aromatic heterocycles. The summed E-state index contributed by atoms with van der Waals surface area (Å²) in [5, 5.41) is 7.12. The Morgan fingerprint density at radius 1 is 0.750 bits per heavy atom. The van der Waals surface area contributed by atoms with Crippen molar-refractivity contribution in [1.29, 1.82) is 0 Å². The fourth-order valence-electron chi connectivity index (χ4n) is 2.24. The van der Waals surface area contributed by atoms with Gasteiger partial charge in [-0.1, -0.05) is 55.6 Å². The smallest absolute Gasteiger partial charge is 0.00388 e. The summed E-state index contributed by atoms with van der Waals surface area (Å²) in [5.74, 6) is 0. The topological polar surface area (TPSA) is 0 Å². The molecule has 76 valence electrons. The van der Waals surface area contributed by atoms with Crippen molar-refractivity contribution in [1.82, 2.24) is 0 Å². The maximum absolute atomic E-state index is 4.11. The fourth-order valence-corrected chi connectivity index (χ4v) is 2.24. The van der Waals surface area contributed by atoms with Crippen LogP contribution >= 0.6 is 0 Å². The van der Waals surface area contributed by atoms with Gasteiger partial charge in [-0.15, -0.1) is 0 Å². The van der Waals surface area contributed by atoms with Gasteiger partial charge in [0.25, 0.3) is 0 Å². The standard InChI is InChI=1S/C16H12/c1-11-6-9-15-14(10-11)8-7-13-5-3-4-12(2)16(13)15/h3-10H,1-2H2. The molecule has 0 aliphatic carbocycles. The first-order chi connectivity index (χ1) is 7.75. The summed E-state index contributed by atoms with van der Waals surface area (Å²) in [4.78, 5) is 0. The summed E-state index contributed by atoms with van der Waals surface area (Å²) in [6.07, 6.45) is 0. The Bertz CT molecular complexity index is 782. The van der Waals surface area contributed by atoms with Crippen LogP contribution in [0.5, 0.6) is 0 Å². The number of benzene rings is 3. The van der Waals surface area contributed by atoms with E-state index in [1.165, 1.54) is 21.5 Å².